The second-order valence-corrected chi connectivity index (χ2v) is 0. The molecule has 0 aromatic heterocycles. The molecule has 0 aromatic carbocycles. The van der Waals surface area contributed by atoms with Crippen LogP contribution in [0, 0.1) is 0 Å². The van der Waals surface area contributed by atoms with Crippen LogP contribution in [0.15, 0.2) is 0 Å². The van der Waals surface area contributed by atoms with Gasteiger partial charge in [0.05, 0.1) is 0 Å². The van der Waals surface area contributed by atoms with Crippen molar-refractivity contribution in [3.8, 4) is 0 Å². The van der Waals surface area contributed by atoms with Gasteiger partial charge in [-0.15, -0.1) is 0 Å². The van der Waals surface area contributed by atoms with Crippen LogP contribution in [0.3, 0.4) is 0 Å². The molecule has 0 saturated heterocycles. The van der Waals surface area contributed by atoms with Gasteiger partial charge < -0.3 is 5.48 Å². The molecular weight excluding hydrogens is 144 g/mol. The zero-order valence-corrected chi connectivity index (χ0v) is 2.13. The molecule has 6 heteroatoms. The van der Waals surface area contributed by atoms with E-state index < -0.39 is 0 Å². The maximum atomic E-state index is 0. The van der Waals surface area contributed by atoms with Crippen LogP contribution in [-0.4, -0.2) is 43.2 Å². The summed E-state index contributed by atoms with van der Waals surface area (Å²) < 4.78 is 0. The van der Waals surface area contributed by atoms with Crippen molar-refractivity contribution in [2.75, 3.05) is 0 Å². The molecule has 0 radical (unpaired) electrons. The molecule has 52 valence electrons. The summed E-state index contributed by atoms with van der Waals surface area (Å²) in [6.45, 7) is 0. The molecule has 0 fully saturated rings. The zero-order chi connectivity index (χ0) is 0. The summed E-state index contributed by atoms with van der Waals surface area (Å²) >= 11 is 0. The second-order valence-electron chi connectivity index (χ2n) is 0. The Morgan fingerprint density at radius 2 is 0.571 bits per heavy atom. The molecule has 2 N–H and O–H groups in total. The number of halogens is 4. The van der Waals surface area contributed by atoms with Gasteiger partial charge in [0.1, 0.15) is 0 Å². The van der Waals surface area contributed by atoms with Gasteiger partial charge in [-0.1, -0.05) is 7.43 Å². The van der Waals surface area contributed by atoms with Crippen LogP contribution < -0.4 is 0 Å². The molecule has 0 spiro atoms. The second kappa shape index (κ2) is 277. The van der Waals surface area contributed by atoms with E-state index in [1.54, 1.807) is 0 Å². The molecule has 7 heavy (non-hydrogen) atoms. The first-order valence-corrected chi connectivity index (χ1v) is 0. The van der Waals surface area contributed by atoms with E-state index in [2.05, 4.69) is 0 Å². The molecule has 0 aliphatic carbocycles. The van der Waals surface area contributed by atoms with E-state index in [0.717, 1.165) is 0 Å². The van der Waals surface area contributed by atoms with Crippen molar-refractivity contribution in [3.05, 3.63) is 0 Å². The van der Waals surface area contributed by atoms with Crippen LogP contribution >= 0.6 is 0 Å². The van der Waals surface area contributed by atoms with E-state index in [9.17, 15) is 0 Å². The van der Waals surface area contributed by atoms with Crippen molar-refractivity contribution in [1.29, 1.82) is 0 Å². The molecule has 0 rings (SSSR count). The monoisotopic (exact) mass is 156 g/mol. The summed E-state index contributed by atoms with van der Waals surface area (Å²) in [5.41, 5.74) is 0. The number of hydrogen-bond acceptors (Lipinski definition) is 0. The Bertz CT molecular complexity index is 11.7. The van der Waals surface area contributed by atoms with E-state index in [-0.39, 0.29) is 69.5 Å². The quantitative estimate of drug-likeness (QED) is 0.335. The Kier molecular flexibility index (Phi) is 17100. The Labute approximate surface area is 69.3 Å². The third-order valence-electron chi connectivity index (χ3n) is 0. The van der Waals surface area contributed by atoms with E-state index in [4.69, 9.17) is 0 Å². The summed E-state index contributed by atoms with van der Waals surface area (Å²) in [5, 5.41) is 0. The Balaban J connectivity index is 0. The van der Waals surface area contributed by atoms with Gasteiger partial charge in [-0.2, -0.15) is 0 Å². The summed E-state index contributed by atoms with van der Waals surface area (Å²) in [7, 11) is 0. The molecule has 0 saturated carbocycles. The van der Waals surface area contributed by atoms with Crippen LogP contribution in [0.2, 0.25) is 0 Å². The van der Waals surface area contributed by atoms with Crippen molar-refractivity contribution in [3.63, 3.8) is 0 Å². The van der Waals surface area contributed by atoms with Gasteiger partial charge in [0.2, 0.25) is 0 Å². The van der Waals surface area contributed by atoms with Gasteiger partial charge in [0.25, 0.3) is 0 Å². The molecule has 0 amide bonds. The van der Waals surface area contributed by atoms with E-state index in [0.29, 0.717) is 0 Å². The van der Waals surface area contributed by atoms with E-state index in [1.807, 2.05) is 0 Å². The molecule has 0 heterocycles. The van der Waals surface area contributed by atoms with Gasteiger partial charge in [-0.05, 0) is 0 Å². The number of rotatable bonds is 0. The number of hydrogen-bond donors (Lipinski definition) is 0. The topological polar surface area (TPSA) is 31.5 Å². The fourth-order valence-corrected chi connectivity index (χ4v) is 0. The van der Waals surface area contributed by atoms with Crippen LogP contribution in [0.4, 0.5) is 18.8 Å². The molecule has 0 aliphatic heterocycles. The minimum atomic E-state index is 0. The summed E-state index contributed by atoms with van der Waals surface area (Å²) in [4.78, 5) is 0. The third kappa shape index (κ3) is 192. The Morgan fingerprint density at radius 3 is 0.571 bits per heavy atom. The van der Waals surface area contributed by atoms with Crippen LogP contribution in [0.5, 0.6) is 0 Å². The Hall–Kier alpha value is 0.940. The van der Waals surface area contributed by atoms with Gasteiger partial charge >= 0.3 is 37.7 Å². The van der Waals surface area contributed by atoms with Gasteiger partial charge in [-0.25, -0.2) is 0 Å². The first kappa shape index (κ1) is 433. The molecule has 0 unspecified atom stereocenters. The average Bonchev–Trinajstić information content (AvgIpc) is 0. The van der Waals surface area contributed by atoms with Crippen LogP contribution in [0.1, 0.15) is 7.43 Å². The maximum absolute atomic E-state index is 0. The minimum absolute atomic E-state index is 0. The molecule has 0 bridgehead atoms. The molecular formula is CH12CaF4O. The first-order chi connectivity index (χ1) is 0. The fraction of sp³-hybridized carbons (Fsp3) is 1.00. The van der Waals surface area contributed by atoms with Gasteiger partial charge in [0.15, 0.2) is 0 Å². The van der Waals surface area contributed by atoms with Crippen molar-refractivity contribution in [2.45, 2.75) is 7.43 Å². The van der Waals surface area contributed by atoms with Crippen molar-refractivity contribution >= 4 is 37.7 Å². The molecule has 1 nitrogen and oxygen atoms in total. The first-order valence-electron chi connectivity index (χ1n) is 0. The molecule has 0 atom stereocenters. The van der Waals surface area contributed by atoms with Crippen molar-refractivity contribution < 1.29 is 24.3 Å². The fourth-order valence-electron chi connectivity index (χ4n) is 0. The third-order valence-corrected chi connectivity index (χ3v) is 0. The van der Waals surface area contributed by atoms with E-state index >= 15 is 0 Å². The summed E-state index contributed by atoms with van der Waals surface area (Å²) in [6, 6.07) is 0. The van der Waals surface area contributed by atoms with Gasteiger partial charge in [0, 0.05) is 0 Å². The zero-order valence-electron chi connectivity index (χ0n) is 2.13. The van der Waals surface area contributed by atoms with E-state index in [1.165, 1.54) is 0 Å². The van der Waals surface area contributed by atoms with Crippen molar-refractivity contribution in [1.82, 2.24) is 0 Å². The summed E-state index contributed by atoms with van der Waals surface area (Å²) in [5.74, 6) is 0. The SMILES string of the molecule is C.F.F.F.F.O.[CaH2]. The summed E-state index contributed by atoms with van der Waals surface area (Å²) in [6.07, 6.45) is 0. The predicted octanol–water partition coefficient (Wildman–Crippen LogP) is -0.495. The van der Waals surface area contributed by atoms with Gasteiger partial charge in [-0.3, -0.25) is 18.8 Å². The Morgan fingerprint density at radius 1 is 0.571 bits per heavy atom. The normalized spacial score (nSPS) is 0. The van der Waals surface area contributed by atoms with Crippen LogP contribution in [0.25, 0.3) is 0 Å². The standard InChI is InChI=1S/CH4.Ca.4FH.H2O.2H/h1H4;;4*1H;1H2;;. The van der Waals surface area contributed by atoms with Crippen LogP contribution in [-0.2, 0) is 0 Å². The van der Waals surface area contributed by atoms with Crippen molar-refractivity contribution in [2.24, 2.45) is 0 Å². The molecule has 0 aromatic rings. The predicted molar refractivity (Wildman–Crippen MR) is 28.9 cm³/mol. The average molecular weight is 156 g/mol. The molecule has 0 aliphatic rings.